The highest BCUT2D eigenvalue weighted by Crippen LogP contribution is 2.34. The summed E-state index contributed by atoms with van der Waals surface area (Å²) in [5, 5.41) is 3.02. The second-order valence-corrected chi connectivity index (χ2v) is 3.96. The number of alkyl halides is 3. The third-order valence-electron chi connectivity index (χ3n) is 2.63. The SMILES string of the molecule is CCOCCNC(C)c1ccccc1C(F)(F)F. The monoisotopic (exact) mass is 261 g/mol. The van der Waals surface area contributed by atoms with Crippen LogP contribution in [0.3, 0.4) is 0 Å². The maximum atomic E-state index is 12.8. The van der Waals surface area contributed by atoms with Crippen LogP contribution in [0.2, 0.25) is 0 Å². The number of rotatable bonds is 6. The number of hydrogen-bond donors (Lipinski definition) is 1. The molecule has 0 saturated carbocycles. The van der Waals surface area contributed by atoms with Gasteiger partial charge in [0, 0.05) is 19.2 Å². The number of benzene rings is 1. The van der Waals surface area contributed by atoms with E-state index in [-0.39, 0.29) is 11.6 Å². The first kappa shape index (κ1) is 15.0. The summed E-state index contributed by atoms with van der Waals surface area (Å²) in [6, 6.07) is 5.27. The molecular formula is C13H18F3NO. The predicted octanol–water partition coefficient (Wildman–Crippen LogP) is 3.39. The van der Waals surface area contributed by atoms with Crippen LogP contribution in [0.15, 0.2) is 24.3 Å². The molecule has 18 heavy (non-hydrogen) atoms. The lowest BCUT2D eigenvalue weighted by atomic mass is 10.0. The van der Waals surface area contributed by atoms with Crippen molar-refractivity contribution in [1.82, 2.24) is 5.32 Å². The Kier molecular flexibility index (Phi) is 5.62. The second kappa shape index (κ2) is 6.75. The predicted molar refractivity (Wildman–Crippen MR) is 64.4 cm³/mol. The van der Waals surface area contributed by atoms with E-state index in [9.17, 15) is 13.2 Å². The average molecular weight is 261 g/mol. The maximum Gasteiger partial charge on any atom is 0.416 e. The Balaban J connectivity index is 2.70. The maximum absolute atomic E-state index is 12.8. The molecule has 2 nitrogen and oxygen atoms in total. The topological polar surface area (TPSA) is 21.3 Å². The Morgan fingerprint density at radius 2 is 1.94 bits per heavy atom. The molecule has 0 spiro atoms. The van der Waals surface area contributed by atoms with Gasteiger partial charge < -0.3 is 10.1 Å². The van der Waals surface area contributed by atoms with Gasteiger partial charge in [0.1, 0.15) is 0 Å². The molecule has 0 aliphatic heterocycles. The van der Waals surface area contributed by atoms with Gasteiger partial charge >= 0.3 is 6.18 Å². The van der Waals surface area contributed by atoms with E-state index in [1.807, 2.05) is 6.92 Å². The zero-order valence-electron chi connectivity index (χ0n) is 10.6. The second-order valence-electron chi connectivity index (χ2n) is 3.96. The normalized spacial score (nSPS) is 13.6. The van der Waals surface area contributed by atoms with Gasteiger partial charge in [0.15, 0.2) is 0 Å². The summed E-state index contributed by atoms with van der Waals surface area (Å²) in [4.78, 5) is 0. The van der Waals surface area contributed by atoms with E-state index in [2.05, 4.69) is 5.32 Å². The standard InChI is InChI=1S/C13H18F3NO/c1-3-18-9-8-17-10(2)11-6-4-5-7-12(11)13(14,15)16/h4-7,10,17H,3,8-9H2,1-2H3. The molecule has 1 aromatic carbocycles. The first-order valence-electron chi connectivity index (χ1n) is 5.94. The third kappa shape index (κ3) is 4.31. The van der Waals surface area contributed by atoms with E-state index < -0.39 is 11.7 Å². The first-order valence-corrected chi connectivity index (χ1v) is 5.94. The van der Waals surface area contributed by atoms with Gasteiger partial charge in [-0.2, -0.15) is 13.2 Å². The highest BCUT2D eigenvalue weighted by atomic mass is 19.4. The van der Waals surface area contributed by atoms with Crippen molar-refractivity contribution in [2.24, 2.45) is 0 Å². The first-order chi connectivity index (χ1) is 8.46. The molecule has 0 amide bonds. The van der Waals surface area contributed by atoms with Crippen LogP contribution < -0.4 is 5.32 Å². The average Bonchev–Trinajstić information content (AvgIpc) is 2.33. The zero-order valence-corrected chi connectivity index (χ0v) is 10.6. The zero-order chi connectivity index (χ0) is 13.6. The number of nitrogens with one attached hydrogen (secondary N) is 1. The molecule has 5 heteroatoms. The smallest absolute Gasteiger partial charge is 0.380 e. The van der Waals surface area contributed by atoms with E-state index in [1.54, 1.807) is 13.0 Å². The Morgan fingerprint density at radius 3 is 2.56 bits per heavy atom. The molecule has 0 saturated heterocycles. The van der Waals surface area contributed by atoms with Crippen molar-refractivity contribution in [3.63, 3.8) is 0 Å². The minimum Gasteiger partial charge on any atom is -0.380 e. The third-order valence-corrected chi connectivity index (χ3v) is 2.63. The number of hydrogen-bond acceptors (Lipinski definition) is 2. The van der Waals surface area contributed by atoms with Gasteiger partial charge in [0.2, 0.25) is 0 Å². The summed E-state index contributed by atoms with van der Waals surface area (Å²) in [7, 11) is 0. The summed E-state index contributed by atoms with van der Waals surface area (Å²) in [5.41, 5.74) is -0.317. The quantitative estimate of drug-likeness (QED) is 0.792. The Morgan fingerprint density at radius 1 is 1.28 bits per heavy atom. The number of halogens is 3. The molecular weight excluding hydrogens is 243 g/mol. The lowest BCUT2D eigenvalue weighted by Gasteiger charge is -2.19. The van der Waals surface area contributed by atoms with Gasteiger partial charge in [-0.05, 0) is 25.5 Å². The van der Waals surface area contributed by atoms with Gasteiger partial charge in [0.25, 0.3) is 0 Å². The highest BCUT2D eigenvalue weighted by molar-refractivity contribution is 5.31. The van der Waals surface area contributed by atoms with Crippen molar-refractivity contribution in [2.75, 3.05) is 19.8 Å². The molecule has 0 heterocycles. The lowest BCUT2D eigenvalue weighted by Crippen LogP contribution is -2.25. The molecule has 0 radical (unpaired) electrons. The molecule has 1 unspecified atom stereocenters. The van der Waals surface area contributed by atoms with Crippen LogP contribution in [0, 0.1) is 0 Å². The minimum absolute atomic E-state index is 0.265. The summed E-state index contributed by atoms with van der Waals surface area (Å²) in [6.07, 6.45) is -4.31. The molecule has 102 valence electrons. The van der Waals surface area contributed by atoms with Crippen molar-refractivity contribution in [2.45, 2.75) is 26.1 Å². The molecule has 0 aliphatic rings. The van der Waals surface area contributed by atoms with Gasteiger partial charge in [0.05, 0.1) is 12.2 Å². The molecule has 1 rings (SSSR count). The van der Waals surface area contributed by atoms with E-state index in [0.717, 1.165) is 6.07 Å². The fourth-order valence-corrected chi connectivity index (χ4v) is 1.73. The molecule has 0 aliphatic carbocycles. The van der Waals surface area contributed by atoms with Crippen molar-refractivity contribution in [1.29, 1.82) is 0 Å². The van der Waals surface area contributed by atoms with Crippen LogP contribution in [-0.2, 0) is 10.9 Å². The summed E-state index contributed by atoms with van der Waals surface area (Å²) >= 11 is 0. The van der Waals surface area contributed by atoms with E-state index in [0.29, 0.717) is 19.8 Å². The van der Waals surface area contributed by atoms with E-state index >= 15 is 0 Å². The number of ether oxygens (including phenoxy) is 1. The molecule has 1 N–H and O–H groups in total. The van der Waals surface area contributed by atoms with Crippen molar-refractivity contribution < 1.29 is 17.9 Å². The summed E-state index contributed by atoms with van der Waals surface area (Å²) in [5.74, 6) is 0. The van der Waals surface area contributed by atoms with Crippen LogP contribution in [0.4, 0.5) is 13.2 Å². The minimum atomic E-state index is -4.31. The Labute approximate surface area is 105 Å². The Bertz CT molecular complexity index is 365. The van der Waals surface area contributed by atoms with Crippen molar-refractivity contribution in [3.05, 3.63) is 35.4 Å². The van der Waals surface area contributed by atoms with Gasteiger partial charge in [-0.3, -0.25) is 0 Å². The summed E-state index contributed by atoms with van der Waals surface area (Å²) < 4.78 is 43.5. The molecule has 0 fully saturated rings. The molecule has 1 aromatic rings. The van der Waals surface area contributed by atoms with Gasteiger partial charge in [-0.1, -0.05) is 18.2 Å². The van der Waals surface area contributed by atoms with Crippen LogP contribution in [0.25, 0.3) is 0 Å². The summed E-state index contributed by atoms with van der Waals surface area (Å²) in [6.45, 7) is 5.23. The van der Waals surface area contributed by atoms with Crippen LogP contribution in [0.1, 0.15) is 31.0 Å². The highest BCUT2D eigenvalue weighted by Gasteiger charge is 2.33. The van der Waals surface area contributed by atoms with Gasteiger partial charge in [-0.25, -0.2) is 0 Å². The van der Waals surface area contributed by atoms with Gasteiger partial charge in [-0.15, -0.1) is 0 Å². The molecule has 1 atom stereocenters. The van der Waals surface area contributed by atoms with Crippen LogP contribution >= 0.6 is 0 Å². The van der Waals surface area contributed by atoms with Crippen LogP contribution in [-0.4, -0.2) is 19.8 Å². The van der Waals surface area contributed by atoms with Crippen LogP contribution in [0.5, 0.6) is 0 Å². The largest absolute Gasteiger partial charge is 0.416 e. The van der Waals surface area contributed by atoms with Crippen molar-refractivity contribution >= 4 is 0 Å². The lowest BCUT2D eigenvalue weighted by molar-refractivity contribution is -0.138. The van der Waals surface area contributed by atoms with Crippen molar-refractivity contribution in [3.8, 4) is 0 Å². The fraction of sp³-hybridized carbons (Fsp3) is 0.538. The fourth-order valence-electron chi connectivity index (χ4n) is 1.73. The van der Waals surface area contributed by atoms with E-state index in [1.165, 1.54) is 12.1 Å². The molecule has 0 aromatic heterocycles. The Hall–Kier alpha value is -1.07. The van der Waals surface area contributed by atoms with E-state index in [4.69, 9.17) is 4.74 Å². The molecule has 0 bridgehead atoms.